The highest BCUT2D eigenvalue weighted by atomic mass is 16.6. The molecule has 0 amide bonds. The number of ether oxygens (including phenoxy) is 2. The number of fused-ring (bicyclic) bond motifs is 4. The van der Waals surface area contributed by atoms with E-state index in [2.05, 4.69) is 26.5 Å². The fourth-order valence-corrected chi connectivity index (χ4v) is 4.39. The van der Waals surface area contributed by atoms with Crippen LogP contribution in [0, 0.1) is 11.8 Å². The molecule has 0 radical (unpaired) electrons. The van der Waals surface area contributed by atoms with Gasteiger partial charge in [-0.2, -0.15) is 0 Å². The number of carbonyl (C=O) groups excluding carboxylic acids is 1. The van der Waals surface area contributed by atoms with Gasteiger partial charge in [0.1, 0.15) is 6.10 Å². The van der Waals surface area contributed by atoms with Gasteiger partial charge in [-0.15, -0.1) is 0 Å². The molecule has 2 saturated heterocycles. The van der Waals surface area contributed by atoms with Crippen molar-refractivity contribution in [1.29, 1.82) is 0 Å². The van der Waals surface area contributed by atoms with Crippen LogP contribution in [0.2, 0.25) is 0 Å². The van der Waals surface area contributed by atoms with Crippen LogP contribution in [-0.2, 0) is 14.3 Å². The number of rotatable bonds is 0. The summed E-state index contributed by atoms with van der Waals surface area (Å²) >= 11 is 0. The monoisotopic (exact) mass is 334 g/mol. The van der Waals surface area contributed by atoms with E-state index in [0.29, 0.717) is 12.0 Å². The highest BCUT2D eigenvalue weighted by molar-refractivity contribution is 5.90. The average Bonchev–Trinajstić information content (AvgIpc) is 2.72. The van der Waals surface area contributed by atoms with E-state index in [1.165, 1.54) is 5.57 Å². The minimum absolute atomic E-state index is 0.137. The van der Waals surface area contributed by atoms with Crippen molar-refractivity contribution in [1.82, 2.24) is 0 Å². The maximum absolute atomic E-state index is 12.0. The van der Waals surface area contributed by atoms with Gasteiger partial charge in [0.05, 0.1) is 17.8 Å². The van der Waals surface area contributed by atoms with Gasteiger partial charge >= 0.3 is 5.97 Å². The van der Waals surface area contributed by atoms with Crippen LogP contribution in [-0.4, -0.2) is 35.0 Å². The van der Waals surface area contributed by atoms with Crippen molar-refractivity contribution in [3.8, 4) is 0 Å². The summed E-state index contributed by atoms with van der Waals surface area (Å²) in [6, 6.07) is 0. The van der Waals surface area contributed by atoms with E-state index in [1.807, 2.05) is 6.92 Å². The summed E-state index contributed by atoms with van der Waals surface area (Å²) in [7, 11) is 0. The second-order valence-electron chi connectivity index (χ2n) is 8.11. The van der Waals surface area contributed by atoms with Crippen molar-refractivity contribution in [2.75, 3.05) is 0 Å². The summed E-state index contributed by atoms with van der Waals surface area (Å²) in [5, 5.41) is 10.9. The Balaban J connectivity index is 1.95. The normalized spacial score (nSPS) is 44.0. The Kier molecular flexibility index (Phi) is 4.89. The molecule has 0 aromatic heterocycles. The lowest BCUT2D eigenvalue weighted by atomic mass is 9.82. The Morgan fingerprint density at radius 3 is 2.88 bits per heavy atom. The molecule has 0 aromatic rings. The molecule has 24 heavy (non-hydrogen) atoms. The number of aliphatic hydroxyl groups is 1. The Labute approximate surface area is 144 Å². The van der Waals surface area contributed by atoms with Crippen molar-refractivity contribution < 1.29 is 19.4 Å². The maximum Gasteiger partial charge on any atom is 0.334 e. The standard InChI is InChI=1S/C20H30O4/c1-12-7-5-9-13(2)17-18-15(14(3)19(22)23-18)11-16(21)20(4,24-17)10-6-8-12/h8,13,15-18,21H,3,5-7,9-11H2,1-2,4H3/t13-,15+,16-,17+,18-,20?/m1/s1. The molecule has 1 unspecified atom stereocenters. The van der Waals surface area contributed by atoms with Gasteiger partial charge in [-0.1, -0.05) is 25.2 Å². The highest BCUT2D eigenvalue weighted by Crippen LogP contribution is 2.44. The first-order valence-corrected chi connectivity index (χ1v) is 9.23. The van der Waals surface area contributed by atoms with Crippen molar-refractivity contribution in [3.05, 3.63) is 23.8 Å². The lowest BCUT2D eigenvalue weighted by molar-refractivity contribution is -0.182. The van der Waals surface area contributed by atoms with Crippen molar-refractivity contribution in [2.24, 2.45) is 11.8 Å². The number of allylic oxidation sites excluding steroid dienone is 2. The Hall–Kier alpha value is -1.13. The lowest BCUT2D eigenvalue weighted by Gasteiger charge is -2.38. The van der Waals surface area contributed by atoms with Gasteiger partial charge in [0, 0.05) is 11.5 Å². The van der Waals surface area contributed by atoms with E-state index in [1.54, 1.807) is 0 Å². The minimum Gasteiger partial charge on any atom is -0.456 e. The molecule has 3 aliphatic heterocycles. The predicted octanol–water partition coefficient (Wildman–Crippen LogP) is 3.54. The molecule has 2 fully saturated rings. The number of hydrogen-bond donors (Lipinski definition) is 1. The van der Waals surface area contributed by atoms with Crippen LogP contribution in [0.3, 0.4) is 0 Å². The summed E-state index contributed by atoms with van der Waals surface area (Å²) in [6.07, 6.45) is 6.54. The third kappa shape index (κ3) is 3.18. The first kappa shape index (κ1) is 17.7. The van der Waals surface area contributed by atoms with Gasteiger partial charge < -0.3 is 14.6 Å². The van der Waals surface area contributed by atoms with E-state index in [-0.39, 0.29) is 30.0 Å². The topological polar surface area (TPSA) is 55.8 Å². The van der Waals surface area contributed by atoms with Crippen LogP contribution in [0.25, 0.3) is 0 Å². The van der Waals surface area contributed by atoms with Gasteiger partial charge in [0.25, 0.3) is 0 Å². The molecule has 2 bridgehead atoms. The molecular weight excluding hydrogens is 304 g/mol. The van der Waals surface area contributed by atoms with Gasteiger partial charge in [0.15, 0.2) is 0 Å². The molecule has 6 atom stereocenters. The molecular formula is C20H30O4. The Morgan fingerprint density at radius 1 is 1.38 bits per heavy atom. The largest absolute Gasteiger partial charge is 0.456 e. The van der Waals surface area contributed by atoms with Crippen LogP contribution in [0.5, 0.6) is 0 Å². The molecule has 4 nitrogen and oxygen atoms in total. The molecule has 3 aliphatic rings. The Bertz CT molecular complexity index is 552. The summed E-state index contributed by atoms with van der Waals surface area (Å²) in [5.41, 5.74) is 1.29. The van der Waals surface area contributed by atoms with Crippen LogP contribution < -0.4 is 0 Å². The molecule has 3 heterocycles. The molecule has 0 saturated carbocycles. The number of hydrogen-bond acceptors (Lipinski definition) is 4. The molecule has 0 aliphatic carbocycles. The fraction of sp³-hybridized carbons (Fsp3) is 0.750. The Morgan fingerprint density at radius 2 is 2.12 bits per heavy atom. The summed E-state index contributed by atoms with van der Waals surface area (Å²) in [6.45, 7) is 10.3. The quantitative estimate of drug-likeness (QED) is 0.418. The zero-order chi connectivity index (χ0) is 17.5. The third-order valence-corrected chi connectivity index (χ3v) is 6.19. The smallest absolute Gasteiger partial charge is 0.334 e. The molecule has 134 valence electrons. The maximum atomic E-state index is 12.0. The van der Waals surface area contributed by atoms with Crippen molar-refractivity contribution in [3.63, 3.8) is 0 Å². The van der Waals surface area contributed by atoms with E-state index in [0.717, 1.165) is 32.1 Å². The van der Waals surface area contributed by atoms with E-state index in [9.17, 15) is 9.90 Å². The first-order valence-electron chi connectivity index (χ1n) is 9.23. The average molecular weight is 334 g/mol. The SMILES string of the molecule is C=C1C(=O)O[C@H]2[C@H]3OC(C)(CCC=C(C)CCC[C@H]3C)[C@H](O)C[C@@H]12. The summed E-state index contributed by atoms with van der Waals surface area (Å²) in [5.74, 6) is -0.197. The summed E-state index contributed by atoms with van der Waals surface area (Å²) in [4.78, 5) is 12.0. The van der Waals surface area contributed by atoms with E-state index in [4.69, 9.17) is 9.47 Å². The minimum atomic E-state index is -0.622. The number of carbonyl (C=O) groups is 1. The van der Waals surface area contributed by atoms with E-state index >= 15 is 0 Å². The fourth-order valence-electron chi connectivity index (χ4n) is 4.39. The zero-order valence-corrected chi connectivity index (χ0v) is 15.1. The molecule has 0 aromatic carbocycles. The molecule has 4 heteroatoms. The molecule has 3 rings (SSSR count). The first-order chi connectivity index (χ1) is 11.3. The van der Waals surface area contributed by atoms with Gasteiger partial charge in [-0.25, -0.2) is 4.79 Å². The van der Waals surface area contributed by atoms with Crippen molar-refractivity contribution >= 4 is 5.97 Å². The van der Waals surface area contributed by atoms with Crippen molar-refractivity contribution in [2.45, 2.75) is 83.2 Å². The number of esters is 1. The van der Waals surface area contributed by atoms with Crippen LogP contribution in [0.4, 0.5) is 0 Å². The zero-order valence-electron chi connectivity index (χ0n) is 15.1. The van der Waals surface area contributed by atoms with Gasteiger partial charge in [0.2, 0.25) is 0 Å². The second kappa shape index (κ2) is 6.64. The second-order valence-corrected chi connectivity index (χ2v) is 8.11. The van der Waals surface area contributed by atoms with Crippen LogP contribution in [0.15, 0.2) is 23.8 Å². The molecule has 0 spiro atoms. The van der Waals surface area contributed by atoms with Crippen LogP contribution >= 0.6 is 0 Å². The van der Waals surface area contributed by atoms with Crippen LogP contribution in [0.1, 0.15) is 59.3 Å². The summed E-state index contributed by atoms with van der Waals surface area (Å²) < 4.78 is 12.1. The number of aliphatic hydroxyl groups excluding tert-OH is 1. The lowest BCUT2D eigenvalue weighted by Crippen LogP contribution is -2.46. The third-order valence-electron chi connectivity index (χ3n) is 6.19. The van der Waals surface area contributed by atoms with Gasteiger partial charge in [-0.05, 0) is 58.3 Å². The predicted molar refractivity (Wildman–Crippen MR) is 92.4 cm³/mol. The molecule has 1 N–H and O–H groups in total. The highest BCUT2D eigenvalue weighted by Gasteiger charge is 2.53. The van der Waals surface area contributed by atoms with E-state index < -0.39 is 11.7 Å². The van der Waals surface area contributed by atoms with Gasteiger partial charge in [-0.3, -0.25) is 0 Å².